The van der Waals surface area contributed by atoms with E-state index in [9.17, 15) is 38.4 Å². The van der Waals surface area contributed by atoms with Crippen molar-refractivity contribution in [3.63, 3.8) is 0 Å². The predicted molar refractivity (Wildman–Crippen MR) is 290 cm³/mol. The second-order valence-electron chi connectivity index (χ2n) is 18.7. The summed E-state index contributed by atoms with van der Waals surface area (Å²) in [6, 6.07) is 19.8. The van der Waals surface area contributed by atoms with Gasteiger partial charge in [-0.3, -0.25) is 34.2 Å². The number of benzene rings is 3. The molecule has 9 N–H and O–H groups in total. The first-order valence-corrected chi connectivity index (χ1v) is 25.7. The summed E-state index contributed by atoms with van der Waals surface area (Å²) >= 11 is 0. The van der Waals surface area contributed by atoms with Crippen LogP contribution < -0.4 is 43.0 Å². The minimum atomic E-state index is -1.04. The maximum Gasteiger partial charge on any atom is 0.413 e. The molecule has 5 aromatic rings. The fourth-order valence-corrected chi connectivity index (χ4v) is 8.20. The van der Waals surface area contributed by atoms with Gasteiger partial charge in [-0.1, -0.05) is 48.9 Å². The van der Waals surface area contributed by atoms with Gasteiger partial charge >= 0.3 is 18.2 Å². The number of ether oxygens (including phenoxy) is 4. The van der Waals surface area contributed by atoms with Crippen LogP contribution in [0.3, 0.4) is 0 Å². The summed E-state index contributed by atoms with van der Waals surface area (Å²) in [4.78, 5) is 110. The molecule has 6 rings (SSSR count). The molecule has 416 valence electrons. The topological polar surface area (TPSA) is 318 Å². The van der Waals surface area contributed by atoms with Gasteiger partial charge in [0.25, 0.3) is 11.8 Å². The fourth-order valence-electron chi connectivity index (χ4n) is 8.20. The van der Waals surface area contributed by atoms with Gasteiger partial charge in [0.1, 0.15) is 37.2 Å². The van der Waals surface area contributed by atoms with Crippen molar-refractivity contribution in [2.75, 3.05) is 62.4 Å². The van der Waals surface area contributed by atoms with E-state index in [0.29, 0.717) is 66.9 Å². The summed E-state index contributed by atoms with van der Waals surface area (Å²) in [5.74, 6) is -1.44. The largest absolute Gasteiger partial charge is 0.445 e. The molecule has 0 unspecified atom stereocenters. The number of amides is 9. The average molecular weight is 1080 g/mol. The molecule has 0 saturated carbocycles. The molecule has 0 spiro atoms. The third kappa shape index (κ3) is 18.0. The van der Waals surface area contributed by atoms with Crippen molar-refractivity contribution < 1.29 is 57.3 Å². The monoisotopic (exact) mass is 1080 g/mol. The van der Waals surface area contributed by atoms with E-state index in [1.807, 2.05) is 80.9 Å². The number of aromatic nitrogens is 3. The second kappa shape index (κ2) is 29.0. The van der Waals surface area contributed by atoms with Crippen molar-refractivity contribution in [1.82, 2.24) is 40.7 Å². The molecule has 2 aromatic heterocycles. The van der Waals surface area contributed by atoms with Crippen LogP contribution >= 0.6 is 0 Å². The number of rotatable bonds is 30. The molecule has 1 aliphatic heterocycles. The third-order valence-electron chi connectivity index (χ3n) is 12.2. The van der Waals surface area contributed by atoms with E-state index in [1.165, 1.54) is 12.2 Å². The molecule has 1 aliphatic rings. The van der Waals surface area contributed by atoms with Gasteiger partial charge in [-0.05, 0) is 87.9 Å². The zero-order valence-corrected chi connectivity index (χ0v) is 44.2. The molecular formula is C54H68N12O12. The highest BCUT2D eigenvalue weighted by atomic mass is 16.6. The van der Waals surface area contributed by atoms with Gasteiger partial charge in [0.05, 0.1) is 36.3 Å². The molecule has 3 aromatic carbocycles. The van der Waals surface area contributed by atoms with Crippen LogP contribution in [0.5, 0.6) is 0 Å². The number of nitrogens with zero attached hydrogens (tertiary/aromatic N) is 4. The van der Waals surface area contributed by atoms with E-state index in [0.717, 1.165) is 27.1 Å². The first-order valence-electron chi connectivity index (χ1n) is 25.7. The van der Waals surface area contributed by atoms with Crippen LogP contribution in [-0.4, -0.2) is 125 Å². The highest BCUT2D eigenvalue weighted by Crippen LogP contribution is 2.32. The molecule has 24 nitrogen and oxygen atoms in total. The Kier molecular flexibility index (Phi) is 21.8. The zero-order chi connectivity index (χ0) is 56.0. The quantitative estimate of drug-likeness (QED) is 0.0219. The van der Waals surface area contributed by atoms with Crippen LogP contribution in [0.25, 0.3) is 21.9 Å². The SMILES string of the molecule is CCOCc1nc2c(NC(=O)OCc3ccc(NC)cc3)nc3ccccc3c2n1CC(C)(C)OCCNC(=O)OCc1ccc(NC(=O)[C@H](CCCNC(N)=O)NC(=O)CNC(=O)CCCCCN2C(=O)C=CC2=O)cc1. The zero-order valence-electron chi connectivity index (χ0n) is 44.2. The second-order valence-corrected chi connectivity index (χ2v) is 18.7. The van der Waals surface area contributed by atoms with Crippen LogP contribution in [-0.2, 0) is 69.3 Å². The molecule has 78 heavy (non-hydrogen) atoms. The van der Waals surface area contributed by atoms with Crippen molar-refractivity contribution in [2.45, 2.75) is 97.3 Å². The van der Waals surface area contributed by atoms with E-state index in [4.69, 9.17) is 34.6 Å². The number of carbonyl (C=O) groups excluding carboxylic acids is 8. The molecule has 1 atom stereocenters. The van der Waals surface area contributed by atoms with Gasteiger partial charge in [0.15, 0.2) is 5.82 Å². The number of primary amides is 1. The molecule has 0 saturated heterocycles. The standard InChI is InChI=1S/C54H68N12O12/c1-5-75-33-42-63-47-48(39-12-8-9-13-40(39)62-49(47)64-53(74)77-32-35-16-20-37(56-4)21-17-35)66(42)34-54(2,3)78-29-27-58-52(73)76-31-36-18-22-38(23-19-36)60-50(71)41(14-11-26-57-51(55)72)61-44(68)30-59-43(67)15-7-6-10-28-65-45(69)24-25-46(65)70/h8-9,12-13,16-25,41,56H,5-7,10-11,14-15,26-34H2,1-4H3,(H,58,73)(H,59,67)(H,60,71)(H,61,68)(H3,55,57,72)(H,62,64,74)/t41-/m0/s1. The van der Waals surface area contributed by atoms with E-state index < -0.39 is 41.7 Å². The summed E-state index contributed by atoms with van der Waals surface area (Å²) in [6.07, 6.45) is 3.20. The number of hydrogen-bond donors (Lipinski definition) is 8. The predicted octanol–water partition coefficient (Wildman–Crippen LogP) is 5.11. The van der Waals surface area contributed by atoms with Crippen molar-refractivity contribution >= 4 is 86.9 Å². The maximum absolute atomic E-state index is 13.4. The summed E-state index contributed by atoms with van der Waals surface area (Å²) in [5, 5.41) is 19.7. The number of anilines is 3. The Labute approximate surface area is 450 Å². The highest BCUT2D eigenvalue weighted by Gasteiger charge is 2.27. The van der Waals surface area contributed by atoms with Crippen LogP contribution in [0.4, 0.5) is 31.6 Å². The number of hydrogen-bond acceptors (Lipinski definition) is 15. The smallest absolute Gasteiger partial charge is 0.413 e. The molecule has 0 radical (unpaired) electrons. The molecule has 0 bridgehead atoms. The molecule has 3 heterocycles. The van der Waals surface area contributed by atoms with Gasteiger partial charge in [-0.25, -0.2) is 24.4 Å². The summed E-state index contributed by atoms with van der Waals surface area (Å²) in [6.45, 7) is 6.91. The number of fused-ring (bicyclic) bond motifs is 3. The minimum absolute atomic E-state index is 0.0513. The number of imide groups is 1. The number of alkyl carbamates (subject to hydrolysis) is 1. The lowest BCUT2D eigenvalue weighted by atomic mass is 10.1. The van der Waals surface area contributed by atoms with Crippen molar-refractivity contribution in [3.8, 4) is 0 Å². The van der Waals surface area contributed by atoms with Gasteiger partial charge in [-0.15, -0.1) is 0 Å². The maximum atomic E-state index is 13.4. The van der Waals surface area contributed by atoms with Crippen molar-refractivity contribution in [1.29, 1.82) is 0 Å². The van der Waals surface area contributed by atoms with Crippen LogP contribution in [0.1, 0.15) is 76.2 Å². The van der Waals surface area contributed by atoms with Crippen molar-refractivity contribution in [3.05, 3.63) is 102 Å². The lowest BCUT2D eigenvalue weighted by Gasteiger charge is -2.27. The Morgan fingerprint density at radius 1 is 0.731 bits per heavy atom. The number of urea groups is 1. The fraction of sp³-hybridized carbons (Fsp3) is 0.407. The number of pyridine rings is 1. The van der Waals surface area contributed by atoms with Gasteiger partial charge in [-0.2, -0.15) is 0 Å². The van der Waals surface area contributed by atoms with E-state index in [2.05, 4.69) is 37.2 Å². The first kappa shape index (κ1) is 58.6. The lowest BCUT2D eigenvalue weighted by molar-refractivity contribution is -0.137. The van der Waals surface area contributed by atoms with Crippen LogP contribution in [0.2, 0.25) is 0 Å². The first-order chi connectivity index (χ1) is 37.5. The van der Waals surface area contributed by atoms with Gasteiger partial charge < -0.3 is 61.1 Å². The molecule has 24 heteroatoms. The molecule has 0 aliphatic carbocycles. The number of para-hydroxylation sites is 1. The van der Waals surface area contributed by atoms with Gasteiger partial charge in [0, 0.05) is 68.6 Å². The van der Waals surface area contributed by atoms with E-state index >= 15 is 0 Å². The average Bonchev–Trinajstić information content (AvgIpc) is 4.17. The third-order valence-corrected chi connectivity index (χ3v) is 12.2. The Bertz CT molecular complexity index is 2930. The molecule has 9 amide bonds. The van der Waals surface area contributed by atoms with E-state index in [1.54, 1.807) is 24.3 Å². The lowest BCUT2D eigenvalue weighted by Crippen LogP contribution is -2.47. The highest BCUT2D eigenvalue weighted by molar-refractivity contribution is 6.13. The minimum Gasteiger partial charge on any atom is -0.445 e. The molecular weight excluding hydrogens is 1010 g/mol. The normalized spacial score (nSPS) is 12.5. The number of nitrogens with two attached hydrogens (primary N) is 1. The summed E-state index contributed by atoms with van der Waals surface area (Å²) in [7, 11) is 1.82. The molecule has 0 fully saturated rings. The van der Waals surface area contributed by atoms with E-state index in [-0.39, 0.29) is 89.0 Å². The van der Waals surface area contributed by atoms with Crippen molar-refractivity contribution in [2.24, 2.45) is 5.73 Å². The Balaban J connectivity index is 0.956. The Morgan fingerprint density at radius 3 is 2.09 bits per heavy atom. The van der Waals surface area contributed by atoms with Crippen LogP contribution in [0.15, 0.2) is 84.9 Å². The number of carbonyl (C=O) groups is 8. The Morgan fingerprint density at radius 2 is 1.41 bits per heavy atom. The van der Waals surface area contributed by atoms with Crippen LogP contribution in [0, 0.1) is 0 Å². The number of unbranched alkanes of at least 4 members (excludes halogenated alkanes) is 2. The number of imidazole rings is 1. The number of nitrogens with one attached hydrogen (secondary N) is 7. The summed E-state index contributed by atoms with van der Waals surface area (Å²) in [5.41, 5.74) is 8.93. The Hall–Kier alpha value is -8.64. The van der Waals surface area contributed by atoms with Gasteiger partial charge in [0.2, 0.25) is 17.7 Å². The summed E-state index contributed by atoms with van der Waals surface area (Å²) < 4.78 is 25.1.